The van der Waals surface area contributed by atoms with Gasteiger partial charge in [0, 0.05) is 24.7 Å². The zero-order valence-corrected chi connectivity index (χ0v) is 14.3. The monoisotopic (exact) mass is 316 g/mol. The number of nitrogens with zero attached hydrogens (tertiary/aromatic N) is 2. The molecule has 0 atom stereocenters. The Morgan fingerprint density at radius 2 is 1.79 bits per heavy atom. The highest BCUT2D eigenvalue weighted by molar-refractivity contribution is 5.59. The maximum absolute atomic E-state index is 4.82. The van der Waals surface area contributed by atoms with E-state index in [0.29, 0.717) is 0 Å². The lowest BCUT2D eigenvalue weighted by molar-refractivity contribution is 0.522. The molecule has 0 saturated heterocycles. The van der Waals surface area contributed by atoms with Crippen molar-refractivity contribution < 1.29 is 0 Å². The van der Waals surface area contributed by atoms with Crippen molar-refractivity contribution in [2.45, 2.75) is 45.6 Å². The van der Waals surface area contributed by atoms with Crippen molar-refractivity contribution in [3.05, 3.63) is 77.2 Å². The Hall–Kier alpha value is -2.35. The molecule has 2 aromatic carbocycles. The minimum Gasteiger partial charge on any atom is -0.334 e. The molecule has 1 aliphatic rings. The molecule has 2 heteroatoms. The van der Waals surface area contributed by atoms with E-state index in [4.69, 9.17) is 4.98 Å². The van der Waals surface area contributed by atoms with Crippen molar-refractivity contribution in [1.82, 2.24) is 9.55 Å². The van der Waals surface area contributed by atoms with Crippen LogP contribution in [0.25, 0.3) is 11.3 Å². The van der Waals surface area contributed by atoms with Gasteiger partial charge in [0.2, 0.25) is 0 Å². The lowest BCUT2D eigenvalue weighted by Crippen LogP contribution is -2.08. The third kappa shape index (κ3) is 3.14. The van der Waals surface area contributed by atoms with Gasteiger partial charge in [0.1, 0.15) is 5.82 Å². The lowest BCUT2D eigenvalue weighted by Gasteiger charge is -2.11. The van der Waals surface area contributed by atoms with Crippen molar-refractivity contribution in [1.29, 1.82) is 0 Å². The number of rotatable bonds is 4. The molecule has 0 unspecified atom stereocenters. The van der Waals surface area contributed by atoms with E-state index >= 15 is 0 Å². The van der Waals surface area contributed by atoms with Gasteiger partial charge < -0.3 is 4.57 Å². The van der Waals surface area contributed by atoms with Gasteiger partial charge in [0.05, 0.1) is 5.69 Å². The summed E-state index contributed by atoms with van der Waals surface area (Å²) < 4.78 is 2.32. The fourth-order valence-corrected chi connectivity index (χ4v) is 3.56. The third-order valence-corrected chi connectivity index (χ3v) is 5.10. The third-order valence-electron chi connectivity index (χ3n) is 5.10. The van der Waals surface area contributed by atoms with Crippen LogP contribution in [0.15, 0.2) is 54.7 Å². The second-order valence-corrected chi connectivity index (χ2v) is 6.82. The summed E-state index contributed by atoms with van der Waals surface area (Å²) in [5.74, 6) is 1.25. The SMILES string of the molecule is Cc1ccccc1CCc1ccc(-c2cn3c(n2)CCCC3)cc1. The van der Waals surface area contributed by atoms with Crippen molar-refractivity contribution in [2.24, 2.45) is 0 Å². The van der Waals surface area contributed by atoms with Crippen LogP contribution >= 0.6 is 0 Å². The number of benzene rings is 2. The largest absolute Gasteiger partial charge is 0.334 e. The van der Waals surface area contributed by atoms with Gasteiger partial charge in [0.15, 0.2) is 0 Å². The molecule has 0 bridgehead atoms. The van der Waals surface area contributed by atoms with E-state index in [-0.39, 0.29) is 0 Å². The summed E-state index contributed by atoms with van der Waals surface area (Å²) in [6.45, 7) is 3.32. The summed E-state index contributed by atoms with van der Waals surface area (Å²) in [5.41, 5.74) is 6.58. The van der Waals surface area contributed by atoms with Crippen LogP contribution in [0.5, 0.6) is 0 Å². The minimum absolute atomic E-state index is 1.09. The maximum Gasteiger partial charge on any atom is 0.109 e. The van der Waals surface area contributed by atoms with E-state index in [1.807, 2.05) is 0 Å². The fraction of sp³-hybridized carbons (Fsp3) is 0.318. The number of aryl methyl sites for hydroxylation is 5. The molecule has 1 aliphatic heterocycles. The first-order chi connectivity index (χ1) is 11.8. The first-order valence-electron chi connectivity index (χ1n) is 8.99. The summed E-state index contributed by atoms with van der Waals surface area (Å²) in [4.78, 5) is 4.82. The van der Waals surface area contributed by atoms with Crippen LogP contribution in [0.1, 0.15) is 35.4 Å². The van der Waals surface area contributed by atoms with Gasteiger partial charge in [-0.25, -0.2) is 4.98 Å². The average molecular weight is 316 g/mol. The first-order valence-corrected chi connectivity index (χ1v) is 8.99. The van der Waals surface area contributed by atoms with Crippen LogP contribution in [0, 0.1) is 6.92 Å². The van der Waals surface area contributed by atoms with Gasteiger partial charge in [-0.05, 0) is 49.3 Å². The zero-order valence-electron chi connectivity index (χ0n) is 14.3. The van der Waals surface area contributed by atoms with Gasteiger partial charge >= 0.3 is 0 Å². The summed E-state index contributed by atoms with van der Waals surface area (Å²) >= 11 is 0. The Kier molecular flexibility index (Phi) is 4.20. The molecule has 0 saturated carbocycles. The molecular formula is C22H24N2. The minimum atomic E-state index is 1.09. The number of fused-ring (bicyclic) bond motifs is 1. The molecule has 3 aromatic rings. The first kappa shape index (κ1) is 15.2. The highest BCUT2D eigenvalue weighted by atomic mass is 15.1. The molecule has 0 N–H and O–H groups in total. The predicted molar refractivity (Wildman–Crippen MR) is 99.2 cm³/mol. The summed E-state index contributed by atoms with van der Waals surface area (Å²) in [6.07, 6.45) is 8.08. The molecule has 2 heterocycles. The predicted octanol–water partition coefficient (Wildman–Crippen LogP) is 4.98. The van der Waals surface area contributed by atoms with Gasteiger partial charge in [-0.3, -0.25) is 0 Å². The molecular weight excluding hydrogens is 292 g/mol. The topological polar surface area (TPSA) is 17.8 Å². The Balaban J connectivity index is 1.46. The van der Waals surface area contributed by atoms with Crippen LogP contribution in [-0.4, -0.2) is 9.55 Å². The molecule has 0 spiro atoms. The van der Waals surface area contributed by atoms with Crippen LogP contribution in [0.4, 0.5) is 0 Å². The van der Waals surface area contributed by atoms with Crippen LogP contribution in [0.2, 0.25) is 0 Å². The Labute approximate surface area is 144 Å². The standard InChI is InChI=1S/C22H24N2/c1-17-6-2-3-7-19(17)12-9-18-10-13-20(14-11-18)21-16-24-15-5-4-8-22(24)23-21/h2-3,6-7,10-11,13-14,16H,4-5,8-9,12,15H2,1H3. The Bertz CT molecular complexity index is 804. The molecule has 2 nitrogen and oxygen atoms in total. The molecule has 4 rings (SSSR count). The van der Waals surface area contributed by atoms with E-state index in [1.54, 1.807) is 0 Å². The number of hydrogen-bond donors (Lipinski definition) is 0. The normalized spacial score (nSPS) is 13.7. The van der Waals surface area contributed by atoms with E-state index in [0.717, 1.165) is 31.5 Å². The number of aromatic nitrogens is 2. The van der Waals surface area contributed by atoms with Gasteiger partial charge in [-0.2, -0.15) is 0 Å². The molecule has 0 amide bonds. The van der Waals surface area contributed by atoms with Gasteiger partial charge in [-0.15, -0.1) is 0 Å². The molecule has 24 heavy (non-hydrogen) atoms. The fourth-order valence-electron chi connectivity index (χ4n) is 3.56. The number of hydrogen-bond acceptors (Lipinski definition) is 1. The van der Waals surface area contributed by atoms with Crippen molar-refractivity contribution in [3.8, 4) is 11.3 Å². The second kappa shape index (κ2) is 6.64. The zero-order chi connectivity index (χ0) is 16.4. The van der Waals surface area contributed by atoms with E-state index < -0.39 is 0 Å². The van der Waals surface area contributed by atoms with Crippen LogP contribution in [-0.2, 0) is 25.8 Å². The Morgan fingerprint density at radius 3 is 2.58 bits per heavy atom. The number of imidazole rings is 1. The van der Waals surface area contributed by atoms with E-state index in [2.05, 4.69) is 66.2 Å². The highest BCUT2D eigenvalue weighted by Gasteiger charge is 2.13. The van der Waals surface area contributed by atoms with Crippen LogP contribution in [0.3, 0.4) is 0 Å². The summed E-state index contributed by atoms with van der Waals surface area (Å²) in [7, 11) is 0. The summed E-state index contributed by atoms with van der Waals surface area (Å²) in [5, 5.41) is 0. The van der Waals surface area contributed by atoms with Crippen molar-refractivity contribution >= 4 is 0 Å². The smallest absolute Gasteiger partial charge is 0.109 e. The maximum atomic E-state index is 4.82. The second-order valence-electron chi connectivity index (χ2n) is 6.82. The van der Waals surface area contributed by atoms with E-state index in [9.17, 15) is 0 Å². The van der Waals surface area contributed by atoms with Gasteiger partial charge in [0.25, 0.3) is 0 Å². The van der Waals surface area contributed by atoms with Crippen molar-refractivity contribution in [2.75, 3.05) is 0 Å². The van der Waals surface area contributed by atoms with E-state index in [1.165, 1.54) is 40.9 Å². The highest BCUT2D eigenvalue weighted by Crippen LogP contribution is 2.23. The lowest BCUT2D eigenvalue weighted by atomic mass is 10.00. The van der Waals surface area contributed by atoms with Crippen molar-refractivity contribution in [3.63, 3.8) is 0 Å². The molecule has 122 valence electrons. The Morgan fingerprint density at radius 1 is 0.958 bits per heavy atom. The molecule has 0 aliphatic carbocycles. The average Bonchev–Trinajstić information content (AvgIpc) is 3.06. The van der Waals surface area contributed by atoms with Crippen LogP contribution < -0.4 is 0 Å². The van der Waals surface area contributed by atoms with Gasteiger partial charge in [-0.1, -0.05) is 48.5 Å². The quantitative estimate of drug-likeness (QED) is 0.664. The molecule has 0 radical (unpaired) electrons. The molecule has 0 fully saturated rings. The molecule has 1 aromatic heterocycles. The summed E-state index contributed by atoms with van der Waals surface area (Å²) in [6, 6.07) is 17.6.